The molecular formula is C25H42N4O5S2. The number of nitrogens with two attached hydrogens (primary N) is 2. The summed E-state index contributed by atoms with van der Waals surface area (Å²) >= 11 is 2.10. The summed E-state index contributed by atoms with van der Waals surface area (Å²) in [6, 6.07) is -2.97. The van der Waals surface area contributed by atoms with Gasteiger partial charge in [-0.1, -0.05) is 46.7 Å². The molecule has 0 aromatic carbocycles. The zero-order chi connectivity index (χ0) is 27.7. The highest BCUT2D eigenvalue weighted by atomic mass is 32.2. The molecule has 2 atom stereocenters. The summed E-state index contributed by atoms with van der Waals surface area (Å²) in [6.45, 7) is 10.2. The molecule has 0 saturated heterocycles. The number of carbonyl (C=O) groups is 4. The standard InChI is InChI=1S/C25H42N4O5S2/c1-6-29(24(27)33)21(22(26)30)16-36-25(34)28-20(23(31)32)15-35-14-13-19(5)12-8-11-18(4)10-7-9-17(2)3/h9,11,13,20-21H,6-8,10,12,14-16H2,1-5H3,(H2,26,30)(H2,27,33)(H,28,34)(H,31,32)/b18-11+,19-13+/t20-,21?/m0/s1. The first-order valence-electron chi connectivity index (χ1n) is 11.9. The molecule has 204 valence electrons. The zero-order valence-corrected chi connectivity index (χ0v) is 23.7. The maximum absolute atomic E-state index is 12.3. The van der Waals surface area contributed by atoms with Crippen molar-refractivity contribution in [1.82, 2.24) is 10.2 Å². The number of rotatable bonds is 17. The molecule has 0 aliphatic carbocycles. The Bertz CT molecular complexity index is 838. The molecule has 0 spiro atoms. The van der Waals surface area contributed by atoms with E-state index in [-0.39, 0.29) is 18.1 Å². The third kappa shape index (κ3) is 15.6. The molecule has 0 rings (SSSR count). The Hall–Kier alpha value is -2.40. The van der Waals surface area contributed by atoms with Crippen molar-refractivity contribution in [3.8, 4) is 0 Å². The summed E-state index contributed by atoms with van der Waals surface area (Å²) in [6.07, 6.45) is 10.6. The number of primary amides is 2. The first-order valence-corrected chi connectivity index (χ1v) is 14.1. The molecule has 4 amide bonds. The lowest BCUT2D eigenvalue weighted by molar-refractivity contribution is -0.138. The lowest BCUT2D eigenvalue weighted by Crippen LogP contribution is -2.51. The number of carboxylic acids is 1. The topological polar surface area (TPSA) is 156 Å². The predicted octanol–water partition coefficient (Wildman–Crippen LogP) is 4.29. The zero-order valence-electron chi connectivity index (χ0n) is 22.0. The number of hydrogen-bond donors (Lipinski definition) is 4. The van der Waals surface area contributed by atoms with Gasteiger partial charge in [-0.15, -0.1) is 0 Å². The minimum Gasteiger partial charge on any atom is -0.480 e. The van der Waals surface area contributed by atoms with E-state index in [0.717, 1.165) is 30.6 Å². The van der Waals surface area contributed by atoms with E-state index in [1.54, 1.807) is 6.92 Å². The van der Waals surface area contributed by atoms with E-state index >= 15 is 0 Å². The fourth-order valence-corrected chi connectivity index (χ4v) is 4.97. The number of carboxylic acid groups (broad SMARTS) is 1. The number of urea groups is 1. The average Bonchev–Trinajstić information content (AvgIpc) is 2.77. The smallest absolute Gasteiger partial charge is 0.327 e. The molecule has 0 bridgehead atoms. The molecule has 0 saturated carbocycles. The van der Waals surface area contributed by atoms with Gasteiger partial charge in [0.15, 0.2) is 0 Å². The van der Waals surface area contributed by atoms with Crippen LogP contribution >= 0.6 is 23.5 Å². The maximum Gasteiger partial charge on any atom is 0.327 e. The van der Waals surface area contributed by atoms with Crippen LogP contribution in [-0.2, 0) is 9.59 Å². The number of carbonyl (C=O) groups excluding carboxylic acids is 3. The van der Waals surface area contributed by atoms with E-state index < -0.39 is 35.2 Å². The number of hydrogen-bond acceptors (Lipinski definition) is 6. The van der Waals surface area contributed by atoms with E-state index in [2.05, 4.69) is 51.2 Å². The van der Waals surface area contributed by atoms with Crippen LogP contribution in [0.2, 0.25) is 0 Å². The Labute approximate surface area is 223 Å². The van der Waals surface area contributed by atoms with Crippen molar-refractivity contribution in [3.05, 3.63) is 34.9 Å². The van der Waals surface area contributed by atoms with Crippen LogP contribution in [0.3, 0.4) is 0 Å². The minimum atomic E-state index is -1.15. The van der Waals surface area contributed by atoms with Gasteiger partial charge in [-0.05, 0) is 60.3 Å². The van der Waals surface area contributed by atoms with Crippen LogP contribution in [0.15, 0.2) is 34.9 Å². The Kier molecular flexibility index (Phi) is 17.6. The van der Waals surface area contributed by atoms with Crippen LogP contribution < -0.4 is 16.8 Å². The van der Waals surface area contributed by atoms with Gasteiger partial charge in [-0.3, -0.25) is 9.59 Å². The van der Waals surface area contributed by atoms with Crippen LogP contribution in [0.5, 0.6) is 0 Å². The molecule has 6 N–H and O–H groups in total. The van der Waals surface area contributed by atoms with E-state index in [4.69, 9.17) is 11.5 Å². The molecule has 0 fully saturated rings. The summed E-state index contributed by atoms with van der Waals surface area (Å²) in [4.78, 5) is 48.0. The van der Waals surface area contributed by atoms with Crippen molar-refractivity contribution >= 4 is 46.7 Å². The molecule has 0 radical (unpaired) electrons. The monoisotopic (exact) mass is 542 g/mol. The lowest BCUT2D eigenvalue weighted by Gasteiger charge is -2.26. The van der Waals surface area contributed by atoms with Gasteiger partial charge in [-0.25, -0.2) is 9.59 Å². The number of nitrogens with zero attached hydrogens (tertiary/aromatic N) is 1. The fourth-order valence-electron chi connectivity index (χ4n) is 3.09. The van der Waals surface area contributed by atoms with E-state index in [9.17, 15) is 24.3 Å². The number of allylic oxidation sites excluding steroid dienone is 5. The molecule has 1 unspecified atom stereocenters. The van der Waals surface area contributed by atoms with E-state index in [0.29, 0.717) is 17.5 Å². The SMILES string of the molecule is CCN(C(N)=O)C(CSC(=O)N[C@@H](CSC/C=C(\C)CC/C=C(\C)CCC=C(C)C)C(=O)O)C(N)=O. The van der Waals surface area contributed by atoms with E-state index in [1.807, 2.05) is 0 Å². The summed E-state index contributed by atoms with van der Waals surface area (Å²) in [5.41, 5.74) is 14.5. The second-order valence-electron chi connectivity index (χ2n) is 8.67. The number of amides is 4. The van der Waals surface area contributed by atoms with Crippen LogP contribution in [-0.4, -0.2) is 69.0 Å². The van der Waals surface area contributed by atoms with Gasteiger partial charge in [0.2, 0.25) is 5.91 Å². The lowest BCUT2D eigenvalue weighted by atomic mass is 10.1. The summed E-state index contributed by atoms with van der Waals surface area (Å²) in [7, 11) is 0. The number of thioether (sulfide) groups is 2. The molecular weight excluding hydrogens is 500 g/mol. The molecule has 36 heavy (non-hydrogen) atoms. The normalized spacial score (nSPS) is 13.5. The average molecular weight is 543 g/mol. The molecule has 0 aliphatic rings. The van der Waals surface area contributed by atoms with Gasteiger partial charge in [-0.2, -0.15) is 11.8 Å². The van der Waals surface area contributed by atoms with Crippen molar-refractivity contribution in [2.75, 3.05) is 23.8 Å². The Balaban J connectivity index is 4.56. The predicted molar refractivity (Wildman–Crippen MR) is 150 cm³/mol. The second kappa shape index (κ2) is 18.8. The minimum absolute atomic E-state index is 0.123. The quantitative estimate of drug-likeness (QED) is 0.158. The largest absolute Gasteiger partial charge is 0.480 e. The molecule has 0 heterocycles. The van der Waals surface area contributed by atoms with Crippen LogP contribution in [0.1, 0.15) is 60.3 Å². The third-order valence-corrected chi connectivity index (χ3v) is 7.08. The van der Waals surface area contributed by atoms with Crippen LogP contribution in [0.4, 0.5) is 9.59 Å². The van der Waals surface area contributed by atoms with Crippen LogP contribution in [0.25, 0.3) is 0 Å². The third-order valence-electron chi connectivity index (χ3n) is 5.25. The maximum atomic E-state index is 12.3. The van der Waals surface area contributed by atoms with Gasteiger partial charge in [0, 0.05) is 23.8 Å². The molecule has 0 aromatic heterocycles. The highest BCUT2D eigenvalue weighted by Gasteiger charge is 2.27. The molecule has 11 heteroatoms. The van der Waals surface area contributed by atoms with Gasteiger partial charge >= 0.3 is 12.0 Å². The highest BCUT2D eigenvalue weighted by molar-refractivity contribution is 8.13. The number of aliphatic carboxylic acids is 1. The summed E-state index contributed by atoms with van der Waals surface area (Å²) in [5, 5.41) is 11.3. The first kappa shape index (κ1) is 33.6. The van der Waals surface area contributed by atoms with Gasteiger partial charge in [0.25, 0.3) is 5.24 Å². The Morgan fingerprint density at radius 2 is 1.53 bits per heavy atom. The van der Waals surface area contributed by atoms with Crippen molar-refractivity contribution in [1.29, 1.82) is 0 Å². The van der Waals surface area contributed by atoms with Crippen molar-refractivity contribution in [3.63, 3.8) is 0 Å². The highest BCUT2D eigenvalue weighted by Crippen LogP contribution is 2.14. The summed E-state index contributed by atoms with van der Waals surface area (Å²) in [5.74, 6) is -1.24. The second-order valence-corrected chi connectivity index (χ2v) is 10.7. The van der Waals surface area contributed by atoms with Gasteiger partial charge in [0.1, 0.15) is 12.1 Å². The Morgan fingerprint density at radius 1 is 0.944 bits per heavy atom. The molecule has 9 nitrogen and oxygen atoms in total. The van der Waals surface area contributed by atoms with Crippen molar-refractivity contribution in [2.24, 2.45) is 11.5 Å². The fraction of sp³-hybridized carbons (Fsp3) is 0.600. The van der Waals surface area contributed by atoms with E-state index in [1.165, 1.54) is 28.5 Å². The first-order chi connectivity index (χ1) is 16.9. The number of likely N-dealkylation sites (N-methyl/N-ethyl adjacent to an activating group) is 1. The van der Waals surface area contributed by atoms with Crippen molar-refractivity contribution in [2.45, 2.75) is 72.4 Å². The van der Waals surface area contributed by atoms with Gasteiger partial charge < -0.3 is 26.8 Å². The summed E-state index contributed by atoms with van der Waals surface area (Å²) < 4.78 is 0. The van der Waals surface area contributed by atoms with Crippen molar-refractivity contribution < 1.29 is 24.3 Å². The number of nitrogens with one attached hydrogen (secondary N) is 1. The molecule has 0 aromatic rings. The Morgan fingerprint density at radius 3 is 2.03 bits per heavy atom. The molecule has 0 aliphatic heterocycles. The van der Waals surface area contributed by atoms with Gasteiger partial charge in [0.05, 0.1) is 0 Å². The van der Waals surface area contributed by atoms with Crippen LogP contribution in [0, 0.1) is 0 Å².